The van der Waals surface area contributed by atoms with E-state index in [1.54, 1.807) is 0 Å². The predicted molar refractivity (Wildman–Crippen MR) is 125 cm³/mol. The number of ether oxygens (including phenoxy) is 3. The Morgan fingerprint density at radius 1 is 1.27 bits per heavy atom. The second-order valence-corrected chi connectivity index (χ2v) is 9.73. The molecule has 0 aromatic carbocycles. The molecule has 2 heterocycles. The van der Waals surface area contributed by atoms with Gasteiger partial charge in [0, 0.05) is 18.9 Å². The standard InChI is InChI=1S/C25H40N2O6/c1-15(2)10-11-18-8-7-9-19(25(30)33-17(5)23(18)32-14-16(3)4)27-24(29)21-22(28)20(31-6)12-13-26-21/h12-13,15-19,23,28H,7-11,14H2,1-6H3,(H,27,29). The molecule has 1 aromatic rings. The van der Waals surface area contributed by atoms with Crippen molar-refractivity contribution in [3.8, 4) is 11.5 Å². The number of aromatic nitrogens is 1. The average molecular weight is 465 g/mol. The van der Waals surface area contributed by atoms with Gasteiger partial charge in [0.1, 0.15) is 12.1 Å². The van der Waals surface area contributed by atoms with Crippen LogP contribution in [0.3, 0.4) is 0 Å². The van der Waals surface area contributed by atoms with Gasteiger partial charge < -0.3 is 24.6 Å². The molecule has 8 heteroatoms. The summed E-state index contributed by atoms with van der Waals surface area (Å²) in [5.41, 5.74) is -0.192. The zero-order chi connectivity index (χ0) is 24.5. The normalized spacial score (nSPS) is 24.1. The van der Waals surface area contributed by atoms with Gasteiger partial charge in [0.15, 0.2) is 17.2 Å². The Morgan fingerprint density at radius 3 is 2.64 bits per heavy atom. The summed E-state index contributed by atoms with van der Waals surface area (Å²) < 4.78 is 17.1. The third-order valence-corrected chi connectivity index (χ3v) is 5.95. The van der Waals surface area contributed by atoms with Crippen LogP contribution >= 0.6 is 0 Å². The van der Waals surface area contributed by atoms with Crippen LogP contribution in [0, 0.1) is 17.8 Å². The summed E-state index contributed by atoms with van der Waals surface area (Å²) in [5, 5.41) is 12.9. The molecule has 0 bridgehead atoms. The SMILES string of the molecule is COc1ccnc(C(=O)NC2CCCC(CCC(C)C)C(OCC(C)C)C(C)OC2=O)c1O. The molecule has 0 spiro atoms. The van der Waals surface area contributed by atoms with E-state index >= 15 is 0 Å². The molecule has 2 N–H and O–H groups in total. The highest BCUT2D eigenvalue weighted by Gasteiger charge is 2.35. The van der Waals surface area contributed by atoms with E-state index in [1.807, 2.05) is 6.92 Å². The number of pyridine rings is 1. The minimum Gasteiger partial charge on any atom is -0.503 e. The van der Waals surface area contributed by atoms with Crippen LogP contribution in [0.4, 0.5) is 0 Å². The number of nitrogens with zero attached hydrogens (tertiary/aromatic N) is 1. The third kappa shape index (κ3) is 7.88. The van der Waals surface area contributed by atoms with Crippen molar-refractivity contribution in [1.82, 2.24) is 10.3 Å². The number of rotatable bonds is 9. The molecular formula is C25H40N2O6. The maximum atomic E-state index is 13.0. The number of hydrogen-bond donors (Lipinski definition) is 2. The fourth-order valence-electron chi connectivity index (χ4n) is 4.14. The van der Waals surface area contributed by atoms with E-state index in [2.05, 4.69) is 38.0 Å². The Hall–Kier alpha value is -2.35. The zero-order valence-corrected chi connectivity index (χ0v) is 20.8. The molecule has 0 radical (unpaired) electrons. The molecule has 33 heavy (non-hydrogen) atoms. The quantitative estimate of drug-likeness (QED) is 0.530. The van der Waals surface area contributed by atoms with Crippen molar-refractivity contribution in [2.24, 2.45) is 17.8 Å². The maximum Gasteiger partial charge on any atom is 0.329 e. The minimum atomic E-state index is -0.832. The molecule has 1 saturated heterocycles. The number of carbonyl (C=O) groups is 2. The van der Waals surface area contributed by atoms with Crippen LogP contribution in [0.5, 0.6) is 11.5 Å². The summed E-state index contributed by atoms with van der Waals surface area (Å²) in [7, 11) is 1.39. The molecule has 8 nitrogen and oxygen atoms in total. The summed E-state index contributed by atoms with van der Waals surface area (Å²) in [4.78, 5) is 29.7. The van der Waals surface area contributed by atoms with Crippen LogP contribution in [0.15, 0.2) is 12.3 Å². The highest BCUT2D eigenvalue weighted by molar-refractivity contribution is 5.97. The van der Waals surface area contributed by atoms with E-state index in [4.69, 9.17) is 14.2 Å². The topological polar surface area (TPSA) is 107 Å². The van der Waals surface area contributed by atoms with Gasteiger partial charge in [-0.25, -0.2) is 9.78 Å². The number of aromatic hydroxyl groups is 1. The minimum absolute atomic E-state index is 0.138. The first-order valence-electron chi connectivity index (χ1n) is 12.0. The second kappa shape index (κ2) is 12.8. The molecule has 1 amide bonds. The van der Waals surface area contributed by atoms with Gasteiger partial charge in [0.25, 0.3) is 5.91 Å². The van der Waals surface area contributed by atoms with Gasteiger partial charge in [-0.15, -0.1) is 0 Å². The van der Waals surface area contributed by atoms with Gasteiger partial charge in [0.2, 0.25) is 0 Å². The largest absolute Gasteiger partial charge is 0.503 e. The lowest BCUT2D eigenvalue weighted by Crippen LogP contribution is -2.44. The van der Waals surface area contributed by atoms with Gasteiger partial charge in [-0.05, 0) is 43.9 Å². The van der Waals surface area contributed by atoms with Crippen molar-refractivity contribution in [2.45, 2.75) is 85.0 Å². The van der Waals surface area contributed by atoms with Gasteiger partial charge in [-0.3, -0.25) is 4.79 Å². The Balaban J connectivity index is 2.17. The van der Waals surface area contributed by atoms with Crippen molar-refractivity contribution < 1.29 is 28.9 Å². The predicted octanol–water partition coefficient (Wildman–Crippen LogP) is 4.10. The fraction of sp³-hybridized carbons (Fsp3) is 0.720. The lowest BCUT2D eigenvalue weighted by molar-refractivity contribution is -0.161. The number of esters is 1. The van der Waals surface area contributed by atoms with Gasteiger partial charge in [-0.2, -0.15) is 0 Å². The number of methoxy groups -OCH3 is 1. The van der Waals surface area contributed by atoms with Crippen molar-refractivity contribution in [3.63, 3.8) is 0 Å². The van der Waals surface area contributed by atoms with E-state index in [0.717, 1.165) is 25.7 Å². The van der Waals surface area contributed by atoms with Crippen LogP contribution in [-0.2, 0) is 14.3 Å². The summed E-state index contributed by atoms with van der Waals surface area (Å²) in [5.74, 6) is -0.146. The third-order valence-electron chi connectivity index (χ3n) is 5.95. The van der Waals surface area contributed by atoms with Gasteiger partial charge >= 0.3 is 5.97 Å². The molecule has 1 aliphatic rings. The zero-order valence-electron chi connectivity index (χ0n) is 20.8. The molecule has 1 aliphatic heterocycles. The van der Waals surface area contributed by atoms with Crippen molar-refractivity contribution in [2.75, 3.05) is 13.7 Å². The molecule has 0 aliphatic carbocycles. The van der Waals surface area contributed by atoms with Crippen LogP contribution in [0.2, 0.25) is 0 Å². The molecule has 186 valence electrons. The monoisotopic (exact) mass is 464 g/mol. The van der Waals surface area contributed by atoms with Crippen molar-refractivity contribution in [3.05, 3.63) is 18.0 Å². The van der Waals surface area contributed by atoms with E-state index in [1.165, 1.54) is 19.4 Å². The number of carbonyl (C=O) groups excluding carboxylic acids is 2. The van der Waals surface area contributed by atoms with E-state index < -0.39 is 24.0 Å². The van der Waals surface area contributed by atoms with Crippen LogP contribution in [-0.4, -0.2) is 53.9 Å². The van der Waals surface area contributed by atoms with E-state index in [9.17, 15) is 14.7 Å². The first kappa shape index (κ1) is 26.9. The van der Waals surface area contributed by atoms with Crippen molar-refractivity contribution in [1.29, 1.82) is 0 Å². The second-order valence-electron chi connectivity index (χ2n) is 9.73. The fourth-order valence-corrected chi connectivity index (χ4v) is 4.14. The molecule has 0 saturated carbocycles. The molecule has 1 fully saturated rings. The number of cyclic esters (lactones) is 1. The smallest absolute Gasteiger partial charge is 0.329 e. The number of amides is 1. The molecule has 4 unspecified atom stereocenters. The van der Waals surface area contributed by atoms with Crippen LogP contribution < -0.4 is 10.1 Å². The van der Waals surface area contributed by atoms with E-state index in [0.29, 0.717) is 24.9 Å². The Labute approximate surface area is 197 Å². The highest BCUT2D eigenvalue weighted by Crippen LogP contribution is 2.30. The summed E-state index contributed by atoms with van der Waals surface area (Å²) in [6, 6.07) is 0.623. The first-order valence-corrected chi connectivity index (χ1v) is 12.0. The van der Waals surface area contributed by atoms with Gasteiger partial charge in [-0.1, -0.05) is 40.5 Å². The molecule has 2 rings (SSSR count). The molecule has 1 aromatic heterocycles. The summed E-state index contributed by atoms with van der Waals surface area (Å²) in [6.07, 6.45) is 4.89. The van der Waals surface area contributed by atoms with E-state index in [-0.39, 0.29) is 29.2 Å². The average Bonchev–Trinajstić information content (AvgIpc) is 2.80. The van der Waals surface area contributed by atoms with Gasteiger partial charge in [0.05, 0.1) is 13.2 Å². The van der Waals surface area contributed by atoms with Crippen LogP contribution in [0.1, 0.15) is 77.2 Å². The maximum absolute atomic E-state index is 13.0. The molecule has 4 atom stereocenters. The molecular weight excluding hydrogens is 424 g/mol. The first-order chi connectivity index (χ1) is 15.6. The number of hydrogen-bond acceptors (Lipinski definition) is 7. The summed E-state index contributed by atoms with van der Waals surface area (Å²) >= 11 is 0. The van der Waals surface area contributed by atoms with Crippen molar-refractivity contribution >= 4 is 11.9 Å². The van der Waals surface area contributed by atoms with Crippen LogP contribution in [0.25, 0.3) is 0 Å². The number of nitrogens with one attached hydrogen (secondary N) is 1. The summed E-state index contributed by atoms with van der Waals surface area (Å²) in [6.45, 7) is 11.1. The Bertz CT molecular complexity index is 782. The Morgan fingerprint density at radius 2 is 2.00 bits per heavy atom. The lowest BCUT2D eigenvalue weighted by atomic mass is 9.86. The highest BCUT2D eigenvalue weighted by atomic mass is 16.6. The Kier molecular flexibility index (Phi) is 10.4. The lowest BCUT2D eigenvalue weighted by Gasteiger charge is -2.32.